The minimum absolute atomic E-state index is 0.0526. The Hall–Kier alpha value is -1.59. The molecule has 0 aliphatic carbocycles. The molecule has 0 aromatic heterocycles. The maximum Gasteiger partial charge on any atom is 0.328 e. The fourth-order valence-corrected chi connectivity index (χ4v) is 2.20. The fraction of sp³-hybridized carbons (Fsp3) is 0.769. The summed E-state index contributed by atoms with van der Waals surface area (Å²) in [5.74, 6) is -0.963. The van der Waals surface area contributed by atoms with Crippen LogP contribution in [0.25, 0.3) is 0 Å². The average molecular weight is 271 g/mol. The van der Waals surface area contributed by atoms with Gasteiger partial charge in [-0.1, -0.05) is 0 Å². The lowest BCUT2D eigenvalue weighted by Gasteiger charge is -2.33. The van der Waals surface area contributed by atoms with Crippen molar-refractivity contribution in [3.05, 3.63) is 0 Å². The van der Waals surface area contributed by atoms with Crippen LogP contribution in [0.15, 0.2) is 0 Å². The molecule has 1 atom stereocenters. The van der Waals surface area contributed by atoms with Crippen LogP contribution < -0.4 is 0 Å². The first-order chi connectivity index (χ1) is 9.10. The third-order valence-electron chi connectivity index (χ3n) is 3.14. The molecule has 1 aliphatic heterocycles. The average Bonchev–Trinajstić information content (AvgIpc) is 2.44. The summed E-state index contributed by atoms with van der Waals surface area (Å²) in [6, 6.07) is -0.506. The van der Waals surface area contributed by atoms with Gasteiger partial charge in [-0.05, 0) is 26.2 Å². The topological polar surface area (TPSA) is 72.9 Å². The summed E-state index contributed by atoms with van der Waals surface area (Å²) in [7, 11) is 1.32. The van der Waals surface area contributed by atoms with Gasteiger partial charge < -0.3 is 14.4 Å². The molecule has 1 aliphatic rings. The van der Waals surface area contributed by atoms with Crippen LogP contribution in [0.1, 0.15) is 39.0 Å². The smallest absolute Gasteiger partial charge is 0.328 e. The molecule has 1 unspecified atom stereocenters. The third kappa shape index (κ3) is 4.54. The lowest BCUT2D eigenvalue weighted by Crippen LogP contribution is -2.48. The van der Waals surface area contributed by atoms with Crippen LogP contribution in [0.2, 0.25) is 0 Å². The standard InChI is InChI=1S/C13H21NO5/c1-3-19-12(16)8-7-11(15)14-9-5-4-6-10(14)13(17)18-2/h10H,3-9H2,1-2H3. The highest BCUT2D eigenvalue weighted by Crippen LogP contribution is 2.19. The minimum Gasteiger partial charge on any atom is -0.467 e. The Morgan fingerprint density at radius 1 is 1.21 bits per heavy atom. The number of amides is 1. The number of esters is 2. The van der Waals surface area contributed by atoms with Crippen molar-refractivity contribution in [3.8, 4) is 0 Å². The highest BCUT2D eigenvalue weighted by atomic mass is 16.5. The van der Waals surface area contributed by atoms with Gasteiger partial charge in [-0.25, -0.2) is 4.79 Å². The molecule has 1 saturated heterocycles. The highest BCUT2D eigenvalue weighted by Gasteiger charge is 2.32. The predicted molar refractivity (Wildman–Crippen MR) is 67.2 cm³/mol. The summed E-state index contributed by atoms with van der Waals surface area (Å²) in [6.45, 7) is 2.57. The Kier molecular flexibility index (Phi) is 6.32. The van der Waals surface area contributed by atoms with Crippen LogP contribution in [-0.2, 0) is 23.9 Å². The molecule has 0 radical (unpaired) electrons. The van der Waals surface area contributed by atoms with Crippen molar-refractivity contribution >= 4 is 17.8 Å². The molecule has 19 heavy (non-hydrogen) atoms. The lowest BCUT2D eigenvalue weighted by atomic mass is 10.0. The quantitative estimate of drug-likeness (QED) is 0.694. The molecular formula is C13H21NO5. The number of nitrogens with zero attached hydrogens (tertiary/aromatic N) is 1. The van der Waals surface area contributed by atoms with Gasteiger partial charge in [-0.2, -0.15) is 0 Å². The fourth-order valence-electron chi connectivity index (χ4n) is 2.20. The summed E-state index contributed by atoms with van der Waals surface area (Å²) in [5, 5.41) is 0. The Labute approximate surface area is 113 Å². The van der Waals surface area contributed by atoms with E-state index in [1.807, 2.05) is 0 Å². The summed E-state index contributed by atoms with van der Waals surface area (Å²) < 4.78 is 9.48. The number of ether oxygens (including phenoxy) is 2. The number of methoxy groups -OCH3 is 1. The molecule has 0 aromatic carbocycles. The zero-order valence-electron chi connectivity index (χ0n) is 11.5. The van der Waals surface area contributed by atoms with Crippen molar-refractivity contribution < 1.29 is 23.9 Å². The molecule has 1 fully saturated rings. The van der Waals surface area contributed by atoms with Crippen LogP contribution in [-0.4, -0.2) is 49.0 Å². The second-order valence-electron chi connectivity index (χ2n) is 4.43. The van der Waals surface area contributed by atoms with E-state index in [0.717, 1.165) is 12.8 Å². The van der Waals surface area contributed by atoms with Crippen molar-refractivity contribution in [2.24, 2.45) is 0 Å². The van der Waals surface area contributed by atoms with E-state index in [1.54, 1.807) is 6.92 Å². The van der Waals surface area contributed by atoms with E-state index in [2.05, 4.69) is 0 Å². The van der Waals surface area contributed by atoms with Gasteiger partial charge >= 0.3 is 11.9 Å². The van der Waals surface area contributed by atoms with Gasteiger partial charge in [-0.3, -0.25) is 9.59 Å². The number of rotatable bonds is 5. The van der Waals surface area contributed by atoms with Crippen molar-refractivity contribution in [2.75, 3.05) is 20.3 Å². The van der Waals surface area contributed by atoms with E-state index in [-0.39, 0.29) is 30.7 Å². The number of carbonyl (C=O) groups is 3. The van der Waals surface area contributed by atoms with Crippen LogP contribution in [0.5, 0.6) is 0 Å². The van der Waals surface area contributed by atoms with Gasteiger partial charge in [0.1, 0.15) is 6.04 Å². The summed E-state index contributed by atoms with van der Waals surface area (Å²) >= 11 is 0. The number of hydrogen-bond acceptors (Lipinski definition) is 5. The molecule has 0 spiro atoms. The minimum atomic E-state index is -0.506. The van der Waals surface area contributed by atoms with E-state index in [9.17, 15) is 14.4 Å². The lowest BCUT2D eigenvalue weighted by molar-refractivity contribution is -0.155. The summed E-state index contributed by atoms with van der Waals surface area (Å²) in [4.78, 5) is 36.4. The Balaban J connectivity index is 2.52. The molecule has 0 bridgehead atoms. The molecule has 0 N–H and O–H groups in total. The van der Waals surface area contributed by atoms with Crippen molar-refractivity contribution in [3.63, 3.8) is 0 Å². The zero-order valence-corrected chi connectivity index (χ0v) is 11.5. The second kappa shape index (κ2) is 7.76. The van der Waals surface area contributed by atoms with E-state index in [1.165, 1.54) is 12.0 Å². The molecule has 0 aromatic rings. The van der Waals surface area contributed by atoms with Gasteiger partial charge in [0.25, 0.3) is 0 Å². The van der Waals surface area contributed by atoms with E-state index in [4.69, 9.17) is 9.47 Å². The maximum absolute atomic E-state index is 12.0. The molecule has 6 heteroatoms. The van der Waals surface area contributed by atoms with Crippen molar-refractivity contribution in [1.82, 2.24) is 4.90 Å². The van der Waals surface area contributed by atoms with Crippen LogP contribution in [0, 0.1) is 0 Å². The monoisotopic (exact) mass is 271 g/mol. The van der Waals surface area contributed by atoms with Crippen molar-refractivity contribution in [2.45, 2.75) is 45.1 Å². The Morgan fingerprint density at radius 3 is 2.58 bits per heavy atom. The van der Waals surface area contributed by atoms with Gasteiger partial charge in [0.15, 0.2) is 0 Å². The predicted octanol–water partition coefficient (Wildman–Crippen LogP) is 0.884. The molecular weight excluding hydrogens is 250 g/mol. The van der Waals surface area contributed by atoms with Crippen molar-refractivity contribution in [1.29, 1.82) is 0 Å². The van der Waals surface area contributed by atoms with Gasteiger partial charge in [0, 0.05) is 13.0 Å². The summed E-state index contributed by atoms with van der Waals surface area (Å²) in [6.07, 6.45) is 2.53. The molecule has 1 amide bonds. The number of hydrogen-bond donors (Lipinski definition) is 0. The first-order valence-corrected chi connectivity index (χ1v) is 6.63. The molecule has 0 saturated carbocycles. The van der Waals surface area contributed by atoms with E-state index in [0.29, 0.717) is 19.6 Å². The number of carbonyl (C=O) groups excluding carboxylic acids is 3. The molecule has 6 nitrogen and oxygen atoms in total. The van der Waals surface area contributed by atoms with E-state index >= 15 is 0 Å². The maximum atomic E-state index is 12.0. The number of piperidine rings is 1. The number of likely N-dealkylation sites (tertiary alicyclic amines) is 1. The van der Waals surface area contributed by atoms with Gasteiger partial charge in [0.05, 0.1) is 20.1 Å². The first-order valence-electron chi connectivity index (χ1n) is 6.63. The first kappa shape index (κ1) is 15.5. The van der Waals surface area contributed by atoms with Gasteiger partial charge in [-0.15, -0.1) is 0 Å². The molecule has 1 rings (SSSR count). The van der Waals surface area contributed by atoms with E-state index < -0.39 is 6.04 Å². The Bertz CT molecular complexity index is 342. The van der Waals surface area contributed by atoms with Crippen LogP contribution >= 0.6 is 0 Å². The second-order valence-corrected chi connectivity index (χ2v) is 4.43. The third-order valence-corrected chi connectivity index (χ3v) is 3.14. The normalized spacial score (nSPS) is 18.8. The SMILES string of the molecule is CCOC(=O)CCC(=O)N1CCCCC1C(=O)OC. The summed E-state index contributed by atoms with van der Waals surface area (Å²) in [5.41, 5.74) is 0. The van der Waals surface area contributed by atoms with Crippen LogP contribution in [0.3, 0.4) is 0 Å². The molecule has 1 heterocycles. The zero-order chi connectivity index (χ0) is 14.3. The largest absolute Gasteiger partial charge is 0.467 e. The van der Waals surface area contributed by atoms with Gasteiger partial charge in [0.2, 0.25) is 5.91 Å². The Morgan fingerprint density at radius 2 is 1.95 bits per heavy atom. The molecule has 108 valence electrons. The highest BCUT2D eigenvalue weighted by molar-refractivity contribution is 5.86. The van der Waals surface area contributed by atoms with Crippen LogP contribution in [0.4, 0.5) is 0 Å².